The van der Waals surface area contributed by atoms with Crippen LogP contribution < -0.4 is 5.73 Å². The summed E-state index contributed by atoms with van der Waals surface area (Å²) in [4.78, 5) is 3.58. The number of hydrogen-bond acceptors (Lipinski definition) is 8. The minimum absolute atomic E-state index is 0.0661. The standard InChI is InChI=1S/C15H14N4O6/c1-17-15(7-4-10(22)13(25)11(23)5-7)19-18-14(16)6-2-8(20)12(24)9(21)3-6/h2-5,20-25H,1H2,(H2,16,18)/b19-15-. The van der Waals surface area contributed by atoms with Gasteiger partial charge in [0.15, 0.2) is 46.2 Å². The molecule has 0 spiro atoms. The van der Waals surface area contributed by atoms with E-state index in [0.717, 1.165) is 24.3 Å². The Balaban J connectivity index is 2.43. The van der Waals surface area contributed by atoms with Crippen LogP contribution in [0.3, 0.4) is 0 Å². The van der Waals surface area contributed by atoms with E-state index in [1.807, 2.05) is 0 Å². The highest BCUT2D eigenvalue weighted by molar-refractivity contribution is 6.04. The van der Waals surface area contributed by atoms with Crippen molar-refractivity contribution in [3.8, 4) is 34.5 Å². The van der Waals surface area contributed by atoms with Gasteiger partial charge < -0.3 is 36.4 Å². The molecule has 2 aromatic carbocycles. The maximum absolute atomic E-state index is 9.50. The molecular formula is C15H14N4O6. The van der Waals surface area contributed by atoms with Crippen LogP contribution in [-0.2, 0) is 0 Å². The van der Waals surface area contributed by atoms with Crippen molar-refractivity contribution in [3.05, 3.63) is 35.4 Å². The Morgan fingerprint density at radius 3 is 1.52 bits per heavy atom. The summed E-state index contributed by atoms with van der Waals surface area (Å²) in [7, 11) is 0. The van der Waals surface area contributed by atoms with Crippen molar-refractivity contribution in [3.63, 3.8) is 0 Å². The first-order valence-electron chi connectivity index (χ1n) is 6.63. The van der Waals surface area contributed by atoms with E-state index in [1.54, 1.807) is 0 Å². The first-order valence-corrected chi connectivity index (χ1v) is 6.63. The molecule has 2 rings (SSSR count). The quantitative estimate of drug-likeness (QED) is 0.184. The Morgan fingerprint density at radius 1 is 0.720 bits per heavy atom. The Morgan fingerprint density at radius 2 is 1.12 bits per heavy atom. The molecular weight excluding hydrogens is 332 g/mol. The number of nitrogens with two attached hydrogens (primary N) is 1. The third-order valence-electron chi connectivity index (χ3n) is 3.10. The maximum Gasteiger partial charge on any atom is 0.200 e. The molecule has 0 aliphatic heterocycles. The number of amidine groups is 2. The molecule has 0 atom stereocenters. The van der Waals surface area contributed by atoms with Crippen LogP contribution in [0.5, 0.6) is 34.5 Å². The lowest BCUT2D eigenvalue weighted by molar-refractivity contribution is 0.367. The van der Waals surface area contributed by atoms with Crippen LogP contribution in [0.1, 0.15) is 11.1 Å². The molecule has 8 N–H and O–H groups in total. The predicted octanol–water partition coefficient (Wildman–Crippen LogP) is 0.688. The molecule has 0 saturated heterocycles. The molecule has 0 aromatic heterocycles. The van der Waals surface area contributed by atoms with Gasteiger partial charge in [0.25, 0.3) is 0 Å². The first kappa shape index (κ1) is 17.4. The van der Waals surface area contributed by atoms with E-state index in [9.17, 15) is 30.6 Å². The molecule has 0 aliphatic rings. The van der Waals surface area contributed by atoms with Gasteiger partial charge in [0.1, 0.15) is 0 Å². The lowest BCUT2D eigenvalue weighted by Crippen LogP contribution is -2.13. The van der Waals surface area contributed by atoms with Gasteiger partial charge in [0.05, 0.1) is 0 Å². The van der Waals surface area contributed by atoms with E-state index in [2.05, 4.69) is 21.9 Å². The van der Waals surface area contributed by atoms with Crippen molar-refractivity contribution < 1.29 is 30.6 Å². The van der Waals surface area contributed by atoms with E-state index in [1.165, 1.54) is 0 Å². The second kappa shape index (κ2) is 6.66. The Bertz CT molecular complexity index is 861. The summed E-state index contributed by atoms with van der Waals surface area (Å²) in [5.74, 6) is -4.19. The molecule has 0 amide bonds. The molecule has 0 heterocycles. The average Bonchev–Trinajstić information content (AvgIpc) is 2.57. The molecule has 0 saturated carbocycles. The second-order valence-corrected chi connectivity index (χ2v) is 4.79. The van der Waals surface area contributed by atoms with Crippen LogP contribution in [0, 0.1) is 0 Å². The fourth-order valence-electron chi connectivity index (χ4n) is 1.82. The monoisotopic (exact) mass is 346 g/mol. The van der Waals surface area contributed by atoms with Gasteiger partial charge in [-0.1, -0.05) is 0 Å². The van der Waals surface area contributed by atoms with Gasteiger partial charge in [-0.05, 0) is 31.0 Å². The third-order valence-corrected chi connectivity index (χ3v) is 3.10. The first-order chi connectivity index (χ1) is 11.7. The maximum atomic E-state index is 9.50. The highest BCUT2D eigenvalue weighted by atomic mass is 16.3. The zero-order valence-corrected chi connectivity index (χ0v) is 12.6. The summed E-state index contributed by atoms with van der Waals surface area (Å²) in [6, 6.07) is 4.27. The molecule has 0 radical (unpaired) electrons. The topological polar surface area (TPSA) is 184 Å². The molecule has 0 fully saturated rings. The van der Waals surface area contributed by atoms with Crippen molar-refractivity contribution >= 4 is 18.4 Å². The van der Waals surface area contributed by atoms with E-state index in [-0.39, 0.29) is 22.8 Å². The van der Waals surface area contributed by atoms with Gasteiger partial charge in [-0.3, -0.25) is 0 Å². The average molecular weight is 346 g/mol. The summed E-state index contributed by atoms with van der Waals surface area (Å²) in [6.45, 7) is 3.28. The van der Waals surface area contributed by atoms with Crippen molar-refractivity contribution in [1.29, 1.82) is 0 Å². The zero-order valence-electron chi connectivity index (χ0n) is 12.6. The summed E-state index contributed by atoms with van der Waals surface area (Å²) in [5, 5.41) is 63.9. The molecule has 10 nitrogen and oxygen atoms in total. The molecule has 10 heteroatoms. The van der Waals surface area contributed by atoms with Crippen LogP contribution >= 0.6 is 0 Å². The van der Waals surface area contributed by atoms with Gasteiger partial charge in [-0.2, -0.15) is 0 Å². The molecule has 130 valence electrons. The predicted molar refractivity (Wildman–Crippen MR) is 89.7 cm³/mol. The molecule has 0 bridgehead atoms. The van der Waals surface area contributed by atoms with E-state index >= 15 is 0 Å². The van der Waals surface area contributed by atoms with Crippen molar-refractivity contribution in [2.75, 3.05) is 0 Å². The summed E-state index contributed by atoms with van der Waals surface area (Å²) >= 11 is 0. The van der Waals surface area contributed by atoms with Crippen LogP contribution in [0.25, 0.3) is 0 Å². The fourth-order valence-corrected chi connectivity index (χ4v) is 1.82. The zero-order chi connectivity index (χ0) is 18.7. The molecule has 2 aromatic rings. The van der Waals surface area contributed by atoms with Crippen molar-refractivity contribution in [2.24, 2.45) is 20.9 Å². The number of benzene rings is 2. The van der Waals surface area contributed by atoms with Crippen LogP contribution in [0.15, 0.2) is 39.5 Å². The van der Waals surface area contributed by atoms with Crippen LogP contribution in [0.4, 0.5) is 0 Å². The normalized spacial score (nSPS) is 12.2. The van der Waals surface area contributed by atoms with E-state index < -0.39 is 34.5 Å². The largest absolute Gasteiger partial charge is 0.504 e. The highest BCUT2D eigenvalue weighted by Crippen LogP contribution is 2.36. The molecule has 25 heavy (non-hydrogen) atoms. The minimum atomic E-state index is -0.705. The van der Waals surface area contributed by atoms with Gasteiger partial charge >= 0.3 is 0 Å². The lowest BCUT2D eigenvalue weighted by Gasteiger charge is -2.06. The SMILES string of the molecule is C=N/C(=N\N=C(/N)c1cc(O)c(O)c(O)c1)c1cc(O)c(O)c(O)c1. The highest BCUT2D eigenvalue weighted by Gasteiger charge is 2.13. The molecule has 0 unspecified atom stereocenters. The number of phenolic OH excluding ortho intramolecular Hbond substituents is 6. The fraction of sp³-hybridized carbons (Fsp3) is 0. The number of aliphatic imine (C=N–C) groups is 1. The summed E-state index contributed by atoms with van der Waals surface area (Å²) < 4.78 is 0. The van der Waals surface area contributed by atoms with Gasteiger partial charge in [0.2, 0.25) is 0 Å². The van der Waals surface area contributed by atoms with Gasteiger partial charge in [-0.25, -0.2) is 4.99 Å². The second-order valence-electron chi connectivity index (χ2n) is 4.79. The van der Waals surface area contributed by atoms with Crippen LogP contribution in [-0.4, -0.2) is 49.0 Å². The number of nitrogens with zero attached hydrogens (tertiary/aromatic N) is 3. The number of rotatable bonds is 3. The van der Waals surface area contributed by atoms with Gasteiger partial charge in [-0.15, -0.1) is 10.2 Å². The number of hydrogen-bond donors (Lipinski definition) is 7. The van der Waals surface area contributed by atoms with Gasteiger partial charge in [0, 0.05) is 11.1 Å². The Kier molecular flexibility index (Phi) is 4.64. The number of aromatic hydroxyl groups is 6. The third kappa shape index (κ3) is 3.52. The summed E-state index contributed by atoms with van der Waals surface area (Å²) in [5.41, 5.74) is 5.85. The van der Waals surface area contributed by atoms with E-state index in [0.29, 0.717) is 0 Å². The van der Waals surface area contributed by atoms with E-state index in [4.69, 9.17) is 5.73 Å². The van der Waals surface area contributed by atoms with Crippen LogP contribution in [0.2, 0.25) is 0 Å². The Labute approximate surface area is 140 Å². The Hall–Kier alpha value is -3.95. The summed E-state index contributed by atoms with van der Waals surface area (Å²) in [6.07, 6.45) is 0. The minimum Gasteiger partial charge on any atom is -0.504 e. The molecule has 0 aliphatic carbocycles. The van der Waals surface area contributed by atoms with Crippen molar-refractivity contribution in [1.82, 2.24) is 0 Å². The smallest absolute Gasteiger partial charge is 0.200 e. The lowest BCUT2D eigenvalue weighted by atomic mass is 10.1. The number of phenols is 6. The van der Waals surface area contributed by atoms with Crippen molar-refractivity contribution in [2.45, 2.75) is 0 Å².